The number of nitrogens with two attached hydrogens (primary N) is 1. The number of ether oxygens (including phenoxy) is 1. The first kappa shape index (κ1) is 14.2. The lowest BCUT2D eigenvalue weighted by molar-refractivity contribution is 0.0987. The van der Waals surface area contributed by atoms with Crippen LogP contribution in [0.5, 0.6) is 0 Å². The van der Waals surface area contributed by atoms with Gasteiger partial charge in [-0.2, -0.15) is 0 Å². The molecular formula is C14H20ClN3O. The Hall–Kier alpha value is -1.26. The number of imidazole rings is 1. The molecular weight excluding hydrogens is 262 g/mol. The quantitative estimate of drug-likeness (QED) is 0.912. The average molecular weight is 282 g/mol. The fraction of sp³-hybridized carbons (Fsp3) is 0.500. The van der Waals surface area contributed by atoms with Crippen LogP contribution >= 0.6 is 11.6 Å². The van der Waals surface area contributed by atoms with Crippen LogP contribution in [-0.2, 0) is 4.74 Å². The van der Waals surface area contributed by atoms with Crippen molar-refractivity contribution in [3.8, 4) is 0 Å². The molecule has 0 amide bonds. The zero-order valence-electron chi connectivity index (χ0n) is 11.6. The van der Waals surface area contributed by atoms with Gasteiger partial charge < -0.3 is 15.0 Å². The Labute approximate surface area is 118 Å². The van der Waals surface area contributed by atoms with Gasteiger partial charge in [-0.05, 0) is 31.0 Å². The molecule has 0 radical (unpaired) electrons. The number of benzene rings is 1. The van der Waals surface area contributed by atoms with Crippen molar-refractivity contribution in [3.63, 3.8) is 0 Å². The second-order valence-electron chi connectivity index (χ2n) is 4.94. The molecule has 0 spiro atoms. The molecule has 0 aliphatic carbocycles. The van der Waals surface area contributed by atoms with Crippen molar-refractivity contribution < 1.29 is 4.74 Å². The highest BCUT2D eigenvalue weighted by molar-refractivity contribution is 6.31. The summed E-state index contributed by atoms with van der Waals surface area (Å²) < 4.78 is 7.61. The van der Waals surface area contributed by atoms with Crippen LogP contribution in [0.1, 0.15) is 26.8 Å². The second kappa shape index (κ2) is 5.80. The minimum absolute atomic E-state index is 0.156. The van der Waals surface area contributed by atoms with E-state index in [0.29, 0.717) is 30.1 Å². The Bertz CT molecular complexity index is 565. The van der Waals surface area contributed by atoms with Gasteiger partial charge >= 0.3 is 0 Å². The van der Waals surface area contributed by atoms with Crippen molar-refractivity contribution >= 4 is 28.6 Å². The zero-order chi connectivity index (χ0) is 14.0. The highest BCUT2D eigenvalue weighted by Gasteiger charge is 2.21. The molecule has 2 N–H and O–H groups in total. The van der Waals surface area contributed by atoms with E-state index in [2.05, 4.69) is 18.8 Å². The Kier molecular flexibility index (Phi) is 4.32. The smallest absolute Gasteiger partial charge is 0.201 e. The largest absolute Gasteiger partial charge is 0.380 e. The van der Waals surface area contributed by atoms with Crippen LogP contribution < -0.4 is 5.73 Å². The van der Waals surface area contributed by atoms with Gasteiger partial charge in [0.2, 0.25) is 5.95 Å². The maximum absolute atomic E-state index is 6.08. The minimum atomic E-state index is 0.156. The molecule has 104 valence electrons. The maximum atomic E-state index is 6.08. The molecule has 2 aromatic rings. The van der Waals surface area contributed by atoms with Gasteiger partial charge in [0, 0.05) is 11.6 Å². The third-order valence-corrected chi connectivity index (χ3v) is 3.51. The molecule has 1 aromatic carbocycles. The van der Waals surface area contributed by atoms with E-state index in [1.54, 1.807) is 0 Å². The van der Waals surface area contributed by atoms with Crippen LogP contribution in [0.25, 0.3) is 11.0 Å². The average Bonchev–Trinajstić information content (AvgIpc) is 2.66. The summed E-state index contributed by atoms with van der Waals surface area (Å²) in [6.07, 6.45) is 0. The van der Waals surface area contributed by atoms with E-state index < -0.39 is 0 Å². The molecule has 19 heavy (non-hydrogen) atoms. The summed E-state index contributed by atoms with van der Waals surface area (Å²) >= 11 is 6.08. The molecule has 1 unspecified atom stereocenters. The Morgan fingerprint density at radius 1 is 1.42 bits per heavy atom. The molecule has 0 saturated carbocycles. The van der Waals surface area contributed by atoms with Gasteiger partial charge in [0.05, 0.1) is 23.7 Å². The molecule has 1 aromatic heterocycles. The zero-order valence-corrected chi connectivity index (χ0v) is 12.3. The third kappa shape index (κ3) is 2.85. The Morgan fingerprint density at radius 3 is 2.79 bits per heavy atom. The molecule has 1 heterocycles. The summed E-state index contributed by atoms with van der Waals surface area (Å²) in [6, 6.07) is 5.78. The van der Waals surface area contributed by atoms with Crippen molar-refractivity contribution in [1.82, 2.24) is 9.55 Å². The molecule has 0 saturated heterocycles. The lowest BCUT2D eigenvalue weighted by Gasteiger charge is -2.24. The van der Waals surface area contributed by atoms with E-state index in [1.807, 2.05) is 29.7 Å². The molecule has 0 bridgehead atoms. The summed E-state index contributed by atoms with van der Waals surface area (Å²) in [7, 11) is 0. The molecule has 5 heteroatoms. The lowest BCUT2D eigenvalue weighted by Crippen LogP contribution is -2.22. The maximum Gasteiger partial charge on any atom is 0.201 e. The Balaban J connectivity index is 2.51. The van der Waals surface area contributed by atoms with Crippen molar-refractivity contribution in [2.45, 2.75) is 26.8 Å². The number of halogens is 1. The highest BCUT2D eigenvalue weighted by Crippen LogP contribution is 2.29. The van der Waals surface area contributed by atoms with Gasteiger partial charge in [-0.3, -0.25) is 0 Å². The van der Waals surface area contributed by atoms with Crippen LogP contribution in [0.4, 0.5) is 5.95 Å². The normalized spacial score (nSPS) is 13.3. The summed E-state index contributed by atoms with van der Waals surface area (Å²) in [6.45, 7) is 7.61. The number of nitrogen functional groups attached to an aromatic ring is 1. The van der Waals surface area contributed by atoms with E-state index in [9.17, 15) is 0 Å². The number of rotatable bonds is 5. The fourth-order valence-corrected chi connectivity index (χ4v) is 2.40. The Morgan fingerprint density at radius 2 is 2.16 bits per heavy atom. The predicted molar refractivity (Wildman–Crippen MR) is 79.5 cm³/mol. The molecule has 1 atom stereocenters. The monoisotopic (exact) mass is 281 g/mol. The van der Waals surface area contributed by atoms with Crippen LogP contribution in [0.15, 0.2) is 18.2 Å². The van der Waals surface area contributed by atoms with Crippen molar-refractivity contribution in [2.24, 2.45) is 5.92 Å². The molecule has 0 fully saturated rings. The molecule has 0 aliphatic rings. The molecule has 0 aliphatic heterocycles. The van der Waals surface area contributed by atoms with Gasteiger partial charge in [0.15, 0.2) is 0 Å². The predicted octanol–water partition coefficient (Wildman–Crippen LogP) is 3.51. The van der Waals surface area contributed by atoms with Gasteiger partial charge in [-0.15, -0.1) is 0 Å². The standard InChI is InChI=1S/C14H20ClN3O/c1-4-19-8-13(9(2)3)18-12-7-10(15)5-6-11(12)17-14(18)16/h5-7,9,13H,4,8H2,1-3H3,(H2,16,17). The summed E-state index contributed by atoms with van der Waals surface area (Å²) in [5.74, 6) is 0.904. The lowest BCUT2D eigenvalue weighted by atomic mass is 10.0. The number of nitrogens with zero attached hydrogens (tertiary/aromatic N) is 2. The summed E-state index contributed by atoms with van der Waals surface area (Å²) in [5, 5.41) is 0.688. The van der Waals surface area contributed by atoms with Crippen LogP contribution in [0.3, 0.4) is 0 Å². The number of hydrogen-bond donors (Lipinski definition) is 1. The van der Waals surface area contributed by atoms with E-state index in [-0.39, 0.29) is 6.04 Å². The number of hydrogen-bond acceptors (Lipinski definition) is 3. The van der Waals surface area contributed by atoms with Gasteiger partial charge in [0.25, 0.3) is 0 Å². The highest BCUT2D eigenvalue weighted by atomic mass is 35.5. The van der Waals surface area contributed by atoms with E-state index >= 15 is 0 Å². The van der Waals surface area contributed by atoms with Gasteiger partial charge in [-0.1, -0.05) is 25.4 Å². The topological polar surface area (TPSA) is 53.1 Å². The minimum Gasteiger partial charge on any atom is -0.380 e. The van der Waals surface area contributed by atoms with Crippen LogP contribution in [0.2, 0.25) is 5.02 Å². The second-order valence-corrected chi connectivity index (χ2v) is 5.38. The van der Waals surface area contributed by atoms with Gasteiger partial charge in [-0.25, -0.2) is 4.98 Å². The first-order valence-electron chi connectivity index (χ1n) is 6.55. The number of fused-ring (bicyclic) bond motifs is 1. The van der Waals surface area contributed by atoms with E-state index in [0.717, 1.165) is 11.0 Å². The fourth-order valence-electron chi connectivity index (χ4n) is 2.24. The first-order valence-corrected chi connectivity index (χ1v) is 6.93. The van der Waals surface area contributed by atoms with Crippen LogP contribution in [-0.4, -0.2) is 22.8 Å². The van der Waals surface area contributed by atoms with Crippen LogP contribution in [0, 0.1) is 5.92 Å². The first-order chi connectivity index (χ1) is 9.04. The summed E-state index contributed by atoms with van der Waals surface area (Å²) in [5.41, 5.74) is 7.89. The van der Waals surface area contributed by atoms with Gasteiger partial charge in [0.1, 0.15) is 0 Å². The third-order valence-electron chi connectivity index (χ3n) is 3.27. The van der Waals surface area contributed by atoms with Crippen molar-refractivity contribution in [2.75, 3.05) is 18.9 Å². The summed E-state index contributed by atoms with van der Waals surface area (Å²) in [4.78, 5) is 4.39. The van der Waals surface area contributed by atoms with E-state index in [1.165, 1.54) is 0 Å². The number of anilines is 1. The molecule has 2 rings (SSSR count). The SMILES string of the molecule is CCOCC(C(C)C)n1c(N)nc2ccc(Cl)cc21. The number of aromatic nitrogens is 2. The molecule has 4 nitrogen and oxygen atoms in total. The van der Waals surface area contributed by atoms with Crippen molar-refractivity contribution in [1.29, 1.82) is 0 Å². The van der Waals surface area contributed by atoms with E-state index in [4.69, 9.17) is 22.1 Å². The van der Waals surface area contributed by atoms with Crippen molar-refractivity contribution in [3.05, 3.63) is 23.2 Å².